The lowest BCUT2D eigenvalue weighted by molar-refractivity contribution is -0.157. The maximum absolute atomic E-state index is 10.0. The number of ether oxygens (including phenoxy) is 1. The van der Waals surface area contributed by atoms with Crippen LogP contribution in [0.15, 0.2) is 0 Å². The van der Waals surface area contributed by atoms with Gasteiger partial charge in [0.25, 0.3) is 0 Å². The summed E-state index contributed by atoms with van der Waals surface area (Å²) in [5.41, 5.74) is 0. The van der Waals surface area contributed by atoms with Crippen LogP contribution in [0.2, 0.25) is 0 Å². The third kappa shape index (κ3) is 6.25. The smallest absolute Gasteiger partial charge is 0.384 e. The molecule has 5 heteroatoms. The van der Waals surface area contributed by atoms with E-state index in [1.165, 1.54) is 0 Å². The molecule has 0 saturated heterocycles. The zero-order valence-corrected chi connectivity index (χ0v) is 7.08. The molecule has 0 saturated carbocycles. The van der Waals surface area contributed by atoms with E-state index in [2.05, 4.69) is 0 Å². The van der Waals surface area contributed by atoms with Crippen LogP contribution >= 0.6 is 18.6 Å². The molecule has 0 aliphatic rings. The topological polar surface area (TPSA) is 49.4 Å². The summed E-state index contributed by atoms with van der Waals surface area (Å²) in [6.07, 6.45) is 0. The highest BCUT2D eigenvalue weighted by Gasteiger charge is 2.11. The predicted octanol–water partition coefficient (Wildman–Crippen LogP) is 0.772. The average molecular weight is 168 g/mol. The molecule has 0 aliphatic carbocycles. The molecule has 0 amide bonds. The van der Waals surface area contributed by atoms with Crippen LogP contribution in [-0.2, 0) is 9.30 Å². The Morgan fingerprint density at radius 1 is 1.89 bits per heavy atom. The summed E-state index contributed by atoms with van der Waals surface area (Å²) in [6, 6.07) is 0. The van der Waals surface area contributed by atoms with Crippen LogP contribution in [-0.4, -0.2) is 19.0 Å². The Balaban J connectivity index is 3.26. The Labute approximate surface area is 59.4 Å². The van der Waals surface area contributed by atoms with E-state index in [0.717, 1.165) is 11.4 Å². The first-order valence-corrected chi connectivity index (χ1v) is 5.13. The molecule has 0 fully saturated rings. The lowest BCUT2D eigenvalue weighted by atomic mass is 10.5. The molecule has 0 aromatic carbocycles. The molecule has 54 valence electrons. The van der Waals surface area contributed by atoms with Crippen LogP contribution in [0, 0.1) is 0 Å². The zero-order valence-electron chi connectivity index (χ0n) is 5.36. The van der Waals surface area contributed by atoms with Crippen LogP contribution in [0.1, 0.15) is 6.92 Å². The Hall–Kier alpha value is 0.370. The number of hydrogen-bond acceptors (Lipinski definition) is 4. The Morgan fingerprint density at radius 3 is 2.78 bits per heavy atom. The highest BCUT2D eigenvalue weighted by atomic mass is 32.7. The minimum absolute atomic E-state index is 0.0381. The van der Waals surface area contributed by atoms with E-state index in [9.17, 15) is 9.46 Å². The van der Waals surface area contributed by atoms with E-state index in [-0.39, 0.29) is 5.25 Å². The summed E-state index contributed by atoms with van der Waals surface area (Å²) in [7, 11) is -0.764. The number of rotatable bonds is 4. The molecule has 0 aromatic heterocycles. The van der Waals surface area contributed by atoms with Gasteiger partial charge >= 0.3 is 7.23 Å². The quantitative estimate of drug-likeness (QED) is 0.582. The van der Waals surface area contributed by atoms with Crippen molar-refractivity contribution in [2.45, 2.75) is 12.2 Å². The Kier molecular flexibility index (Phi) is 5.39. The molecular formula is C4H9O3PS. The largest absolute Gasteiger partial charge is 0.585 e. The van der Waals surface area contributed by atoms with Gasteiger partial charge in [-0.25, -0.2) is 0 Å². The molecule has 1 unspecified atom stereocenters. The van der Waals surface area contributed by atoms with Gasteiger partial charge in [0.2, 0.25) is 0 Å². The molecule has 0 heterocycles. The van der Waals surface area contributed by atoms with Gasteiger partial charge in [-0.2, -0.15) is 0 Å². The Morgan fingerprint density at radius 2 is 2.44 bits per heavy atom. The van der Waals surface area contributed by atoms with Gasteiger partial charge in [-0.05, 0) is 6.92 Å². The molecule has 0 radical (unpaired) electrons. The van der Waals surface area contributed by atoms with Gasteiger partial charge in [-0.3, -0.25) is 0 Å². The highest BCUT2D eigenvalue weighted by molar-refractivity contribution is 8.49. The van der Waals surface area contributed by atoms with E-state index in [0.29, 0.717) is 6.61 Å². The van der Waals surface area contributed by atoms with Crippen molar-refractivity contribution in [2.24, 2.45) is 0 Å². The van der Waals surface area contributed by atoms with Crippen LogP contribution in [0.5, 0.6) is 0 Å². The van der Waals surface area contributed by atoms with Crippen molar-refractivity contribution >= 4 is 18.6 Å². The van der Waals surface area contributed by atoms with Gasteiger partial charge < -0.3 is 9.63 Å². The van der Waals surface area contributed by atoms with E-state index >= 15 is 0 Å². The van der Waals surface area contributed by atoms with Gasteiger partial charge in [-0.15, -0.1) is 0 Å². The maximum Gasteiger partial charge on any atom is 0.384 e. The second-order valence-corrected chi connectivity index (χ2v) is 4.58. The standard InChI is InChI=1S/C4H9O3PS/c1-4(3-7-2)9-8(5)6/h4H,3H2,1-2H3/t4-/m0/s1. The molecule has 9 heavy (non-hydrogen) atoms. The number of methoxy groups -OCH3 is 1. The van der Waals surface area contributed by atoms with Crippen molar-refractivity contribution < 1.29 is 14.2 Å². The van der Waals surface area contributed by atoms with Gasteiger partial charge in [0.05, 0.1) is 11.9 Å². The fourth-order valence-electron chi connectivity index (χ4n) is 0.412. The molecule has 0 rings (SSSR count). The first-order chi connectivity index (χ1) is 4.16. The van der Waals surface area contributed by atoms with Crippen molar-refractivity contribution in [3.8, 4) is 0 Å². The van der Waals surface area contributed by atoms with Crippen LogP contribution in [0.4, 0.5) is 0 Å². The summed E-state index contributed by atoms with van der Waals surface area (Å²) in [5.74, 6) is 0. The first kappa shape index (κ1) is 9.37. The van der Waals surface area contributed by atoms with Crippen LogP contribution in [0.25, 0.3) is 0 Å². The monoisotopic (exact) mass is 168 g/mol. The van der Waals surface area contributed by atoms with Crippen LogP contribution < -0.4 is 4.89 Å². The molecule has 2 atom stereocenters. The minimum atomic E-state index is -2.31. The summed E-state index contributed by atoms with van der Waals surface area (Å²) in [5, 5.41) is 0.0381. The second-order valence-electron chi connectivity index (χ2n) is 1.59. The number of hydrogen-bond donors (Lipinski definition) is 0. The van der Waals surface area contributed by atoms with E-state index in [4.69, 9.17) is 4.74 Å². The first-order valence-electron chi connectivity index (χ1n) is 2.47. The van der Waals surface area contributed by atoms with Gasteiger partial charge in [0, 0.05) is 7.11 Å². The van der Waals surface area contributed by atoms with E-state index < -0.39 is 7.23 Å². The summed E-state index contributed by atoms with van der Waals surface area (Å²) < 4.78 is 14.7. The Bertz CT molecular complexity index is 97.8. The minimum Gasteiger partial charge on any atom is -0.585 e. The molecular weight excluding hydrogens is 159 g/mol. The fourth-order valence-corrected chi connectivity index (χ4v) is 1.97. The van der Waals surface area contributed by atoms with Crippen molar-refractivity contribution in [3.63, 3.8) is 0 Å². The molecule has 0 N–H and O–H groups in total. The van der Waals surface area contributed by atoms with Crippen molar-refractivity contribution in [1.29, 1.82) is 0 Å². The maximum atomic E-state index is 10.0. The SMILES string of the molecule is COC[C@H](C)S[P+](=O)[O-]. The molecule has 0 aromatic rings. The predicted molar refractivity (Wildman–Crippen MR) is 36.5 cm³/mol. The van der Waals surface area contributed by atoms with Crippen molar-refractivity contribution in [1.82, 2.24) is 0 Å². The molecule has 0 bridgehead atoms. The average Bonchev–Trinajstić information content (AvgIpc) is 1.63. The fraction of sp³-hybridized carbons (Fsp3) is 1.00. The highest BCUT2D eigenvalue weighted by Crippen LogP contribution is 2.32. The molecule has 3 nitrogen and oxygen atoms in total. The van der Waals surface area contributed by atoms with Gasteiger partial charge in [-0.1, -0.05) is 4.57 Å². The van der Waals surface area contributed by atoms with Gasteiger partial charge in [0.15, 0.2) is 0 Å². The second kappa shape index (κ2) is 5.18. The third-order valence-corrected chi connectivity index (χ3v) is 2.93. The summed E-state index contributed by atoms with van der Waals surface area (Å²) in [4.78, 5) is 10.0. The van der Waals surface area contributed by atoms with Crippen molar-refractivity contribution in [2.75, 3.05) is 13.7 Å². The normalized spacial score (nSPS) is 15.2. The van der Waals surface area contributed by atoms with Crippen LogP contribution in [0.3, 0.4) is 0 Å². The van der Waals surface area contributed by atoms with Gasteiger partial charge in [0.1, 0.15) is 11.4 Å². The summed E-state index contributed by atoms with van der Waals surface area (Å²) >= 11 is 0.908. The lowest BCUT2D eigenvalue weighted by Crippen LogP contribution is -2.04. The zero-order chi connectivity index (χ0) is 7.28. The third-order valence-electron chi connectivity index (χ3n) is 0.667. The lowest BCUT2D eigenvalue weighted by Gasteiger charge is -2.00. The van der Waals surface area contributed by atoms with E-state index in [1.54, 1.807) is 14.0 Å². The van der Waals surface area contributed by atoms with E-state index in [1.807, 2.05) is 0 Å². The summed E-state index contributed by atoms with van der Waals surface area (Å²) in [6.45, 7) is 2.28. The molecule has 0 spiro atoms. The van der Waals surface area contributed by atoms with Crippen molar-refractivity contribution in [3.05, 3.63) is 0 Å². The molecule has 0 aliphatic heterocycles.